The van der Waals surface area contributed by atoms with Gasteiger partial charge in [-0.25, -0.2) is 0 Å². The number of amides is 2. The summed E-state index contributed by atoms with van der Waals surface area (Å²) in [5.41, 5.74) is 1.02. The predicted molar refractivity (Wildman–Crippen MR) is 94.9 cm³/mol. The number of nitro groups is 1. The number of hydrogen-bond acceptors (Lipinski definition) is 5. The van der Waals surface area contributed by atoms with Gasteiger partial charge in [-0.3, -0.25) is 24.6 Å². The van der Waals surface area contributed by atoms with E-state index in [4.69, 9.17) is 0 Å². The van der Waals surface area contributed by atoms with Crippen LogP contribution in [0.25, 0.3) is 0 Å². The Morgan fingerprint density at radius 2 is 1.64 bits per heavy atom. The second-order valence-electron chi connectivity index (χ2n) is 5.62. The Kier molecular flexibility index (Phi) is 5.14. The van der Waals surface area contributed by atoms with Crippen molar-refractivity contribution >= 4 is 29.3 Å². The summed E-state index contributed by atoms with van der Waals surface area (Å²) in [7, 11) is 0. The Morgan fingerprint density at radius 1 is 0.960 bits per heavy atom. The molecular weight excluding hydrogens is 340 g/mol. The van der Waals surface area contributed by atoms with Crippen molar-refractivity contribution in [2.75, 3.05) is 12.3 Å². The van der Waals surface area contributed by atoms with Gasteiger partial charge >= 0.3 is 0 Å². The first-order valence-corrected chi connectivity index (χ1v) is 8.89. The molecule has 0 spiro atoms. The second-order valence-corrected chi connectivity index (χ2v) is 6.79. The van der Waals surface area contributed by atoms with E-state index in [-0.39, 0.29) is 17.5 Å². The van der Waals surface area contributed by atoms with Gasteiger partial charge in [-0.1, -0.05) is 18.2 Å². The fourth-order valence-electron chi connectivity index (χ4n) is 2.69. The molecule has 128 valence electrons. The summed E-state index contributed by atoms with van der Waals surface area (Å²) in [6.07, 6.45) is 1.51. The van der Waals surface area contributed by atoms with Crippen LogP contribution >= 0.6 is 11.8 Å². The van der Waals surface area contributed by atoms with Gasteiger partial charge in [0.2, 0.25) is 0 Å². The maximum atomic E-state index is 12.2. The molecular formula is C18H16N2O4S. The summed E-state index contributed by atoms with van der Waals surface area (Å²) in [5, 5.41) is 10.8. The van der Waals surface area contributed by atoms with Crippen LogP contribution in [0.2, 0.25) is 0 Å². The minimum absolute atomic E-state index is 0.0797. The number of hydrogen-bond donors (Lipinski definition) is 0. The first-order valence-electron chi connectivity index (χ1n) is 7.90. The highest BCUT2D eigenvalue weighted by Crippen LogP contribution is 2.25. The molecule has 25 heavy (non-hydrogen) atoms. The van der Waals surface area contributed by atoms with Gasteiger partial charge in [0.25, 0.3) is 17.5 Å². The van der Waals surface area contributed by atoms with Crippen molar-refractivity contribution in [1.29, 1.82) is 0 Å². The highest BCUT2D eigenvalue weighted by molar-refractivity contribution is 7.99. The van der Waals surface area contributed by atoms with Crippen LogP contribution in [-0.4, -0.2) is 33.9 Å². The van der Waals surface area contributed by atoms with E-state index in [9.17, 15) is 19.7 Å². The lowest BCUT2D eigenvalue weighted by Crippen LogP contribution is -2.30. The molecule has 0 saturated heterocycles. The van der Waals surface area contributed by atoms with Crippen LogP contribution in [0.4, 0.5) is 5.69 Å². The smallest absolute Gasteiger partial charge is 0.270 e. The van der Waals surface area contributed by atoms with Crippen LogP contribution in [-0.2, 0) is 0 Å². The number of thioether (sulfide) groups is 1. The van der Waals surface area contributed by atoms with Crippen LogP contribution in [0.5, 0.6) is 0 Å². The van der Waals surface area contributed by atoms with Crippen LogP contribution < -0.4 is 0 Å². The quantitative estimate of drug-likeness (QED) is 0.248. The number of nitro benzene ring substituents is 1. The molecule has 0 fully saturated rings. The Hall–Kier alpha value is -2.67. The average molecular weight is 356 g/mol. The van der Waals surface area contributed by atoms with Crippen LogP contribution in [0.15, 0.2) is 53.4 Å². The lowest BCUT2D eigenvalue weighted by Gasteiger charge is -2.13. The Morgan fingerprint density at radius 3 is 2.28 bits per heavy atom. The third-order valence-electron chi connectivity index (χ3n) is 3.95. The number of nitrogens with zero attached hydrogens (tertiary/aromatic N) is 2. The zero-order valence-electron chi connectivity index (χ0n) is 13.4. The lowest BCUT2D eigenvalue weighted by atomic mass is 10.1. The van der Waals surface area contributed by atoms with Crippen molar-refractivity contribution in [3.63, 3.8) is 0 Å². The van der Waals surface area contributed by atoms with Gasteiger partial charge in [0.15, 0.2) is 0 Å². The number of rotatable bonds is 7. The third kappa shape index (κ3) is 3.71. The molecule has 7 heteroatoms. The van der Waals surface area contributed by atoms with E-state index < -0.39 is 4.92 Å². The Balaban J connectivity index is 1.47. The SMILES string of the molecule is O=C1c2ccccc2C(=O)N1CCCCSc1cccc([N+](=O)[O-])c1. The Bertz CT molecular complexity index is 802. The largest absolute Gasteiger partial charge is 0.274 e. The minimum Gasteiger partial charge on any atom is -0.274 e. The molecule has 0 aromatic heterocycles. The summed E-state index contributed by atoms with van der Waals surface area (Å²) in [4.78, 5) is 36.9. The number of non-ortho nitro benzene ring substituents is 1. The van der Waals surface area contributed by atoms with Crippen LogP contribution in [0.1, 0.15) is 33.6 Å². The lowest BCUT2D eigenvalue weighted by molar-refractivity contribution is -0.385. The molecule has 1 heterocycles. The monoisotopic (exact) mass is 356 g/mol. The second kappa shape index (κ2) is 7.48. The van der Waals surface area contributed by atoms with Crippen molar-refractivity contribution in [1.82, 2.24) is 4.90 Å². The summed E-state index contributed by atoms with van der Waals surface area (Å²) < 4.78 is 0. The number of benzene rings is 2. The van der Waals surface area contributed by atoms with Crippen molar-refractivity contribution in [3.05, 3.63) is 69.8 Å². The number of imide groups is 1. The zero-order chi connectivity index (χ0) is 17.8. The molecule has 0 aliphatic carbocycles. The van der Waals surface area contributed by atoms with Crippen molar-refractivity contribution in [2.24, 2.45) is 0 Å². The van der Waals surface area contributed by atoms with E-state index in [0.717, 1.165) is 17.1 Å². The fourth-order valence-corrected chi connectivity index (χ4v) is 3.65. The number of carbonyl (C=O) groups excluding carboxylic acids is 2. The molecule has 6 nitrogen and oxygen atoms in total. The summed E-state index contributed by atoms with van der Waals surface area (Å²) in [6.45, 7) is 0.391. The maximum Gasteiger partial charge on any atom is 0.270 e. The van der Waals surface area contributed by atoms with E-state index in [1.54, 1.807) is 36.4 Å². The molecule has 2 amide bonds. The molecule has 0 bridgehead atoms. The number of fused-ring (bicyclic) bond motifs is 1. The van der Waals surface area contributed by atoms with E-state index >= 15 is 0 Å². The van der Waals surface area contributed by atoms with E-state index in [2.05, 4.69) is 0 Å². The zero-order valence-corrected chi connectivity index (χ0v) is 14.2. The molecule has 1 aliphatic rings. The van der Waals surface area contributed by atoms with Gasteiger partial charge in [-0.15, -0.1) is 11.8 Å². The highest BCUT2D eigenvalue weighted by Gasteiger charge is 2.34. The van der Waals surface area contributed by atoms with Gasteiger partial charge in [0.05, 0.1) is 16.1 Å². The molecule has 2 aromatic rings. The van der Waals surface area contributed by atoms with Crippen molar-refractivity contribution in [3.8, 4) is 0 Å². The predicted octanol–water partition coefficient (Wildman–Crippen LogP) is 3.76. The molecule has 2 aromatic carbocycles. The number of carbonyl (C=O) groups is 2. The molecule has 1 aliphatic heterocycles. The van der Waals surface area contributed by atoms with Crippen LogP contribution in [0, 0.1) is 10.1 Å². The maximum absolute atomic E-state index is 12.2. The van der Waals surface area contributed by atoms with Gasteiger partial charge < -0.3 is 0 Å². The van der Waals surface area contributed by atoms with E-state index in [0.29, 0.717) is 24.1 Å². The van der Waals surface area contributed by atoms with Crippen molar-refractivity contribution < 1.29 is 14.5 Å². The van der Waals surface area contributed by atoms with Crippen molar-refractivity contribution in [2.45, 2.75) is 17.7 Å². The molecule has 0 saturated carbocycles. The molecule has 0 unspecified atom stereocenters. The standard InChI is InChI=1S/C18H16N2O4S/c21-17-15-8-1-2-9-16(15)18(22)19(17)10-3-4-11-25-14-7-5-6-13(12-14)20(23)24/h1-2,5-9,12H,3-4,10-11H2. The van der Waals surface area contributed by atoms with E-state index in [1.807, 2.05) is 6.07 Å². The summed E-state index contributed by atoms with van der Waals surface area (Å²) in [6, 6.07) is 13.4. The highest BCUT2D eigenvalue weighted by atomic mass is 32.2. The molecule has 0 N–H and O–H groups in total. The van der Waals surface area contributed by atoms with E-state index in [1.165, 1.54) is 22.7 Å². The third-order valence-corrected chi connectivity index (χ3v) is 5.03. The first kappa shape index (κ1) is 17.2. The Labute approximate surface area is 149 Å². The molecule has 0 radical (unpaired) electrons. The summed E-state index contributed by atoms with van der Waals surface area (Å²) >= 11 is 1.53. The average Bonchev–Trinajstić information content (AvgIpc) is 2.87. The summed E-state index contributed by atoms with van der Waals surface area (Å²) in [5.74, 6) is 0.309. The van der Waals surface area contributed by atoms with Crippen LogP contribution in [0.3, 0.4) is 0 Å². The van der Waals surface area contributed by atoms with Gasteiger partial charge in [0.1, 0.15) is 0 Å². The normalized spacial score (nSPS) is 13.2. The topological polar surface area (TPSA) is 80.5 Å². The van der Waals surface area contributed by atoms with Gasteiger partial charge in [-0.05, 0) is 36.8 Å². The van der Waals surface area contributed by atoms with Gasteiger partial charge in [-0.2, -0.15) is 0 Å². The first-order chi connectivity index (χ1) is 12.1. The number of unbranched alkanes of at least 4 members (excludes halogenated alkanes) is 1. The van der Waals surface area contributed by atoms with Gasteiger partial charge in [0, 0.05) is 23.6 Å². The molecule has 0 atom stereocenters. The fraction of sp³-hybridized carbons (Fsp3) is 0.222. The minimum atomic E-state index is -0.410. The molecule has 3 rings (SSSR count).